The molecule has 5 heteroatoms. The van der Waals surface area contributed by atoms with Gasteiger partial charge < -0.3 is 9.67 Å². The van der Waals surface area contributed by atoms with Crippen molar-refractivity contribution in [1.82, 2.24) is 14.5 Å². The number of hydrogen-bond acceptors (Lipinski definition) is 3. The number of aromatic hydroxyl groups is 1. The number of fused-ring (bicyclic) bond motifs is 1. The third kappa shape index (κ3) is 1.83. The van der Waals surface area contributed by atoms with Crippen molar-refractivity contribution in [2.75, 3.05) is 0 Å². The maximum Gasteiger partial charge on any atom is 0.160 e. The van der Waals surface area contributed by atoms with Crippen LogP contribution < -0.4 is 0 Å². The molecule has 0 bridgehead atoms. The van der Waals surface area contributed by atoms with E-state index >= 15 is 0 Å². The molecular weight excluding hydrogens is 245 g/mol. The van der Waals surface area contributed by atoms with Gasteiger partial charge in [-0.05, 0) is 31.2 Å². The Hall–Kier alpha value is -2.43. The van der Waals surface area contributed by atoms with E-state index in [0.29, 0.717) is 17.9 Å². The Morgan fingerprint density at radius 3 is 2.89 bits per heavy atom. The van der Waals surface area contributed by atoms with Gasteiger partial charge in [-0.25, -0.2) is 14.4 Å². The van der Waals surface area contributed by atoms with Gasteiger partial charge in [0.1, 0.15) is 22.9 Å². The number of aryl methyl sites for hydroxylation is 1. The molecule has 0 amide bonds. The maximum atomic E-state index is 13.1. The van der Waals surface area contributed by atoms with Crippen molar-refractivity contribution in [3.8, 4) is 17.1 Å². The molecule has 96 valence electrons. The Kier molecular flexibility index (Phi) is 2.67. The largest absolute Gasteiger partial charge is 0.507 e. The third-order valence-corrected chi connectivity index (χ3v) is 3.02. The van der Waals surface area contributed by atoms with E-state index < -0.39 is 5.82 Å². The zero-order valence-corrected chi connectivity index (χ0v) is 10.3. The van der Waals surface area contributed by atoms with Gasteiger partial charge in [0.25, 0.3) is 0 Å². The van der Waals surface area contributed by atoms with E-state index in [4.69, 9.17) is 0 Å². The van der Waals surface area contributed by atoms with Gasteiger partial charge in [-0.2, -0.15) is 0 Å². The second-order valence-electron chi connectivity index (χ2n) is 4.19. The molecule has 19 heavy (non-hydrogen) atoms. The lowest BCUT2D eigenvalue weighted by Crippen LogP contribution is -1.98. The average Bonchev–Trinajstić information content (AvgIpc) is 2.76. The van der Waals surface area contributed by atoms with Crippen molar-refractivity contribution < 1.29 is 9.50 Å². The predicted octanol–water partition coefficient (Wildman–Crippen LogP) is 2.96. The van der Waals surface area contributed by atoms with Crippen LogP contribution in [-0.2, 0) is 6.54 Å². The number of hydrogen-bond donors (Lipinski definition) is 1. The van der Waals surface area contributed by atoms with Crippen LogP contribution in [0.15, 0.2) is 36.5 Å². The number of phenolic OH excluding ortho intramolecular Hbond substituents is 1. The van der Waals surface area contributed by atoms with E-state index in [1.807, 2.05) is 23.6 Å². The molecule has 0 spiro atoms. The summed E-state index contributed by atoms with van der Waals surface area (Å²) in [6.45, 7) is 2.64. The van der Waals surface area contributed by atoms with Crippen molar-refractivity contribution in [1.29, 1.82) is 0 Å². The fraction of sp³-hybridized carbons (Fsp3) is 0.143. The van der Waals surface area contributed by atoms with Crippen LogP contribution in [0, 0.1) is 5.82 Å². The molecule has 0 atom stereocenters. The summed E-state index contributed by atoms with van der Waals surface area (Å²) in [6.07, 6.45) is 1.70. The van der Waals surface area contributed by atoms with Gasteiger partial charge in [0.15, 0.2) is 5.65 Å². The Labute approximate surface area is 109 Å². The highest BCUT2D eigenvalue weighted by Crippen LogP contribution is 2.31. The number of imidazole rings is 1. The molecule has 2 heterocycles. The Morgan fingerprint density at radius 2 is 2.16 bits per heavy atom. The molecule has 1 aromatic carbocycles. The molecule has 4 nitrogen and oxygen atoms in total. The molecule has 0 aliphatic carbocycles. The van der Waals surface area contributed by atoms with Crippen molar-refractivity contribution in [3.63, 3.8) is 0 Å². The Morgan fingerprint density at radius 1 is 1.32 bits per heavy atom. The molecule has 0 fully saturated rings. The molecule has 0 unspecified atom stereocenters. The van der Waals surface area contributed by atoms with Crippen LogP contribution in [0.2, 0.25) is 0 Å². The molecule has 3 rings (SSSR count). The van der Waals surface area contributed by atoms with Gasteiger partial charge in [0.05, 0.1) is 5.56 Å². The quantitative estimate of drug-likeness (QED) is 0.767. The molecule has 0 radical (unpaired) electrons. The number of phenols is 1. The number of halogens is 1. The highest BCUT2D eigenvalue weighted by molar-refractivity contribution is 5.78. The summed E-state index contributed by atoms with van der Waals surface area (Å²) in [5.74, 6) is -0.00255. The number of nitrogens with zero attached hydrogens (tertiary/aromatic N) is 3. The molecule has 0 aliphatic rings. The predicted molar refractivity (Wildman–Crippen MR) is 70.3 cm³/mol. The zero-order chi connectivity index (χ0) is 13.4. The van der Waals surface area contributed by atoms with Crippen LogP contribution in [0.3, 0.4) is 0 Å². The minimum atomic E-state index is -0.474. The number of rotatable bonds is 2. The number of aromatic nitrogens is 3. The summed E-state index contributed by atoms with van der Waals surface area (Å²) < 4.78 is 14.9. The smallest absolute Gasteiger partial charge is 0.160 e. The summed E-state index contributed by atoms with van der Waals surface area (Å²) in [7, 11) is 0. The van der Waals surface area contributed by atoms with Gasteiger partial charge in [-0.3, -0.25) is 0 Å². The second kappa shape index (κ2) is 4.35. The average molecular weight is 257 g/mol. The van der Waals surface area contributed by atoms with Crippen LogP contribution in [0.1, 0.15) is 6.92 Å². The van der Waals surface area contributed by atoms with Crippen molar-refractivity contribution in [3.05, 3.63) is 42.3 Å². The van der Waals surface area contributed by atoms with E-state index in [-0.39, 0.29) is 5.75 Å². The lowest BCUT2D eigenvalue weighted by Gasteiger charge is -2.07. The molecular formula is C14H12FN3O. The van der Waals surface area contributed by atoms with Crippen molar-refractivity contribution >= 4 is 11.2 Å². The van der Waals surface area contributed by atoms with Crippen LogP contribution in [0.25, 0.3) is 22.6 Å². The highest BCUT2D eigenvalue weighted by Gasteiger charge is 2.15. The minimum absolute atomic E-state index is 0.120. The van der Waals surface area contributed by atoms with E-state index in [1.54, 1.807) is 6.20 Å². The first-order valence-corrected chi connectivity index (χ1v) is 6.01. The van der Waals surface area contributed by atoms with Gasteiger partial charge in [-0.1, -0.05) is 0 Å². The summed E-state index contributed by atoms with van der Waals surface area (Å²) in [4.78, 5) is 8.75. The van der Waals surface area contributed by atoms with Crippen molar-refractivity contribution in [2.24, 2.45) is 0 Å². The zero-order valence-electron chi connectivity index (χ0n) is 10.3. The topological polar surface area (TPSA) is 50.9 Å². The van der Waals surface area contributed by atoms with E-state index in [2.05, 4.69) is 9.97 Å². The molecule has 0 saturated carbocycles. The molecule has 3 aromatic rings. The first-order valence-electron chi connectivity index (χ1n) is 6.01. The normalized spacial score (nSPS) is 11.1. The van der Waals surface area contributed by atoms with Gasteiger partial charge in [-0.15, -0.1) is 0 Å². The Balaban J connectivity index is 2.30. The van der Waals surface area contributed by atoms with Gasteiger partial charge in [0, 0.05) is 18.8 Å². The summed E-state index contributed by atoms with van der Waals surface area (Å²) in [5.41, 5.74) is 2.01. The summed E-state index contributed by atoms with van der Waals surface area (Å²) >= 11 is 0. The van der Waals surface area contributed by atoms with Gasteiger partial charge >= 0.3 is 0 Å². The fourth-order valence-corrected chi connectivity index (χ4v) is 2.16. The summed E-state index contributed by atoms with van der Waals surface area (Å²) in [6, 6.07) is 7.59. The van der Waals surface area contributed by atoms with E-state index in [9.17, 15) is 9.50 Å². The molecule has 2 aromatic heterocycles. The first-order chi connectivity index (χ1) is 9.20. The number of benzene rings is 1. The van der Waals surface area contributed by atoms with Crippen LogP contribution in [-0.4, -0.2) is 19.6 Å². The van der Waals surface area contributed by atoms with E-state index in [0.717, 1.165) is 17.2 Å². The van der Waals surface area contributed by atoms with E-state index in [1.165, 1.54) is 12.1 Å². The second-order valence-corrected chi connectivity index (χ2v) is 4.19. The summed E-state index contributed by atoms with van der Waals surface area (Å²) in [5, 5.41) is 9.88. The lowest BCUT2D eigenvalue weighted by molar-refractivity contribution is 0.470. The van der Waals surface area contributed by atoms with Crippen LogP contribution >= 0.6 is 0 Å². The Bertz CT molecular complexity index is 752. The van der Waals surface area contributed by atoms with Crippen LogP contribution in [0.5, 0.6) is 5.75 Å². The molecule has 0 saturated heterocycles. The van der Waals surface area contributed by atoms with Crippen molar-refractivity contribution in [2.45, 2.75) is 13.5 Å². The highest BCUT2D eigenvalue weighted by atomic mass is 19.1. The number of pyridine rings is 1. The molecule has 0 aliphatic heterocycles. The first kappa shape index (κ1) is 11.6. The van der Waals surface area contributed by atoms with Gasteiger partial charge in [0.2, 0.25) is 0 Å². The maximum absolute atomic E-state index is 13.1. The third-order valence-electron chi connectivity index (χ3n) is 3.02. The standard InChI is InChI=1S/C14H12FN3O/c1-2-18-13(10-6-5-9(15)8-12(10)19)17-11-4-3-7-16-14(11)18/h3-8,19H,2H2,1H3. The fourth-order valence-electron chi connectivity index (χ4n) is 2.16. The molecule has 1 N–H and O–H groups in total. The monoisotopic (exact) mass is 257 g/mol. The SMILES string of the molecule is CCn1c(-c2ccc(F)cc2O)nc2cccnc21. The lowest BCUT2D eigenvalue weighted by atomic mass is 10.2. The minimum Gasteiger partial charge on any atom is -0.507 e. The van der Waals surface area contributed by atoms with Crippen LogP contribution in [0.4, 0.5) is 4.39 Å².